The van der Waals surface area contributed by atoms with Gasteiger partial charge in [0.2, 0.25) is 5.91 Å². The maximum atomic E-state index is 13.2. The number of hydrogen-bond acceptors (Lipinski definition) is 4. The molecule has 1 saturated carbocycles. The van der Waals surface area contributed by atoms with E-state index in [0.29, 0.717) is 22.9 Å². The van der Waals surface area contributed by atoms with E-state index in [0.717, 1.165) is 6.07 Å². The van der Waals surface area contributed by atoms with Crippen LogP contribution in [-0.4, -0.2) is 15.9 Å². The number of pyridine rings is 1. The fourth-order valence-electron chi connectivity index (χ4n) is 3.07. The Bertz CT molecular complexity index is 972. The third kappa shape index (κ3) is 3.71. The van der Waals surface area contributed by atoms with Crippen LogP contribution in [0.1, 0.15) is 23.5 Å². The van der Waals surface area contributed by atoms with Crippen LogP contribution < -0.4 is 5.32 Å². The van der Waals surface area contributed by atoms with Crippen molar-refractivity contribution < 1.29 is 18.0 Å². The zero-order valence-electron chi connectivity index (χ0n) is 13.9. The highest BCUT2D eigenvalue weighted by Gasteiger charge is 2.48. The summed E-state index contributed by atoms with van der Waals surface area (Å²) in [7, 11) is 0. The summed E-state index contributed by atoms with van der Waals surface area (Å²) in [6.07, 6.45) is -2.37. The van der Waals surface area contributed by atoms with Crippen LogP contribution in [-0.2, 0) is 11.0 Å². The molecule has 8 heteroatoms. The molecule has 4 rings (SSSR count). The Labute approximate surface area is 157 Å². The molecular weight excluding hydrogens is 375 g/mol. The number of halogens is 3. The van der Waals surface area contributed by atoms with Crippen LogP contribution in [0.2, 0.25) is 0 Å². The number of alkyl halides is 3. The highest BCUT2D eigenvalue weighted by molar-refractivity contribution is 7.14. The quantitative estimate of drug-likeness (QED) is 0.686. The SMILES string of the molecule is O=C(Nc1nc(-c2ccccn2)cs1)[C@@H]1C[C@@H]1c1ccccc1C(F)(F)F. The first-order valence-corrected chi connectivity index (χ1v) is 9.15. The minimum atomic E-state index is -4.42. The molecule has 4 nitrogen and oxygen atoms in total. The predicted molar refractivity (Wildman–Crippen MR) is 96.3 cm³/mol. The summed E-state index contributed by atoms with van der Waals surface area (Å²) >= 11 is 1.26. The average Bonchev–Trinajstić information content (AvgIpc) is 3.33. The number of benzene rings is 1. The highest BCUT2D eigenvalue weighted by Crippen LogP contribution is 2.51. The number of thiazole rings is 1. The number of amides is 1. The van der Waals surface area contributed by atoms with Gasteiger partial charge in [0, 0.05) is 17.5 Å². The van der Waals surface area contributed by atoms with E-state index in [4.69, 9.17) is 0 Å². The molecule has 2 aromatic heterocycles. The van der Waals surface area contributed by atoms with Gasteiger partial charge >= 0.3 is 6.18 Å². The molecule has 0 radical (unpaired) electrons. The fourth-order valence-corrected chi connectivity index (χ4v) is 3.78. The maximum absolute atomic E-state index is 13.2. The van der Waals surface area contributed by atoms with E-state index in [1.54, 1.807) is 23.7 Å². The molecule has 2 heterocycles. The Hall–Kier alpha value is -2.74. The summed E-state index contributed by atoms with van der Waals surface area (Å²) in [6, 6.07) is 10.9. The third-order valence-electron chi connectivity index (χ3n) is 4.45. The Morgan fingerprint density at radius 1 is 1.11 bits per heavy atom. The second-order valence-electron chi connectivity index (χ2n) is 6.28. The van der Waals surface area contributed by atoms with Crippen LogP contribution in [0.25, 0.3) is 11.4 Å². The number of nitrogens with zero attached hydrogens (tertiary/aromatic N) is 2. The second kappa shape index (κ2) is 6.77. The lowest BCUT2D eigenvalue weighted by Crippen LogP contribution is -2.15. The van der Waals surface area contributed by atoms with Crippen molar-refractivity contribution in [2.24, 2.45) is 5.92 Å². The minimum Gasteiger partial charge on any atom is -0.302 e. The van der Waals surface area contributed by atoms with E-state index in [-0.39, 0.29) is 11.5 Å². The normalized spacial score (nSPS) is 18.9. The zero-order valence-corrected chi connectivity index (χ0v) is 14.7. The van der Waals surface area contributed by atoms with Gasteiger partial charge < -0.3 is 5.32 Å². The monoisotopic (exact) mass is 389 g/mol. The highest BCUT2D eigenvalue weighted by atomic mass is 32.1. The van der Waals surface area contributed by atoms with E-state index in [2.05, 4.69) is 15.3 Å². The van der Waals surface area contributed by atoms with Gasteiger partial charge in [0.05, 0.1) is 11.3 Å². The first-order valence-electron chi connectivity index (χ1n) is 8.27. The maximum Gasteiger partial charge on any atom is 0.416 e. The number of aromatic nitrogens is 2. The lowest BCUT2D eigenvalue weighted by molar-refractivity contribution is -0.138. The molecule has 1 aromatic carbocycles. The lowest BCUT2D eigenvalue weighted by atomic mass is 10.0. The average molecular weight is 389 g/mol. The Balaban J connectivity index is 1.45. The number of anilines is 1. The van der Waals surface area contributed by atoms with Crippen molar-refractivity contribution in [1.82, 2.24) is 9.97 Å². The molecule has 0 saturated heterocycles. The molecule has 0 bridgehead atoms. The predicted octanol–water partition coefficient (Wildman–Crippen LogP) is 4.97. The van der Waals surface area contributed by atoms with E-state index >= 15 is 0 Å². The van der Waals surface area contributed by atoms with Crippen molar-refractivity contribution in [2.45, 2.75) is 18.5 Å². The van der Waals surface area contributed by atoms with Gasteiger partial charge in [0.25, 0.3) is 0 Å². The van der Waals surface area contributed by atoms with Crippen molar-refractivity contribution in [3.8, 4) is 11.4 Å². The molecular formula is C19H14F3N3OS. The van der Waals surface area contributed by atoms with Crippen molar-refractivity contribution >= 4 is 22.4 Å². The van der Waals surface area contributed by atoms with Gasteiger partial charge in [-0.1, -0.05) is 24.3 Å². The number of rotatable bonds is 4. The van der Waals surface area contributed by atoms with Gasteiger partial charge in [-0.25, -0.2) is 4.98 Å². The van der Waals surface area contributed by atoms with Gasteiger partial charge in [-0.3, -0.25) is 9.78 Å². The molecule has 2 atom stereocenters. The third-order valence-corrected chi connectivity index (χ3v) is 5.21. The van der Waals surface area contributed by atoms with Gasteiger partial charge in [-0.15, -0.1) is 11.3 Å². The Morgan fingerprint density at radius 2 is 1.89 bits per heavy atom. The standard InChI is InChI=1S/C19H14F3N3OS/c20-19(21,22)14-6-2-1-5-11(14)12-9-13(12)17(26)25-18-24-16(10-27-18)15-7-3-4-8-23-15/h1-8,10,12-13H,9H2,(H,24,25,26)/t12-,13-/m1/s1. The van der Waals surface area contributed by atoms with Crippen LogP contribution >= 0.6 is 11.3 Å². The zero-order chi connectivity index (χ0) is 19.0. The molecule has 1 amide bonds. The summed E-state index contributed by atoms with van der Waals surface area (Å²) in [4.78, 5) is 21.0. The molecule has 0 unspecified atom stereocenters. The first-order chi connectivity index (χ1) is 12.9. The minimum absolute atomic E-state index is 0.179. The summed E-state index contributed by atoms with van der Waals surface area (Å²) in [6.45, 7) is 0. The topological polar surface area (TPSA) is 54.9 Å². The van der Waals surface area contributed by atoms with Crippen LogP contribution in [0.15, 0.2) is 54.0 Å². The largest absolute Gasteiger partial charge is 0.416 e. The number of carbonyl (C=O) groups excluding carboxylic acids is 1. The van der Waals surface area contributed by atoms with Crippen LogP contribution in [0, 0.1) is 5.92 Å². The molecule has 1 N–H and O–H groups in total. The molecule has 0 spiro atoms. The molecule has 3 aromatic rings. The van der Waals surface area contributed by atoms with Gasteiger partial charge in [0.15, 0.2) is 5.13 Å². The lowest BCUT2D eigenvalue weighted by Gasteiger charge is -2.12. The van der Waals surface area contributed by atoms with Gasteiger partial charge in [-0.05, 0) is 36.1 Å². The second-order valence-corrected chi connectivity index (χ2v) is 7.13. The number of nitrogens with one attached hydrogen (secondary N) is 1. The number of carbonyl (C=O) groups is 1. The molecule has 27 heavy (non-hydrogen) atoms. The molecule has 1 aliphatic rings. The van der Waals surface area contributed by atoms with Gasteiger partial charge in [-0.2, -0.15) is 13.2 Å². The van der Waals surface area contributed by atoms with E-state index < -0.39 is 23.6 Å². The smallest absolute Gasteiger partial charge is 0.302 e. The summed E-state index contributed by atoms with van der Waals surface area (Å²) in [5.74, 6) is -1.20. The van der Waals surface area contributed by atoms with E-state index in [1.165, 1.54) is 23.5 Å². The summed E-state index contributed by atoms with van der Waals surface area (Å²) < 4.78 is 39.5. The van der Waals surface area contributed by atoms with Crippen molar-refractivity contribution in [3.63, 3.8) is 0 Å². The van der Waals surface area contributed by atoms with Gasteiger partial charge in [0.1, 0.15) is 5.69 Å². The fraction of sp³-hybridized carbons (Fsp3) is 0.211. The number of hydrogen-bond donors (Lipinski definition) is 1. The molecule has 1 aliphatic carbocycles. The first kappa shape index (κ1) is 17.7. The Morgan fingerprint density at radius 3 is 2.63 bits per heavy atom. The van der Waals surface area contributed by atoms with E-state index in [9.17, 15) is 18.0 Å². The summed E-state index contributed by atoms with van der Waals surface area (Å²) in [5, 5.41) is 4.90. The molecule has 1 fully saturated rings. The molecule has 138 valence electrons. The van der Waals surface area contributed by atoms with E-state index in [1.807, 2.05) is 12.1 Å². The van der Waals surface area contributed by atoms with Crippen LogP contribution in [0.5, 0.6) is 0 Å². The van der Waals surface area contributed by atoms with Crippen molar-refractivity contribution in [1.29, 1.82) is 0 Å². The molecule has 0 aliphatic heterocycles. The van der Waals surface area contributed by atoms with Crippen LogP contribution in [0.4, 0.5) is 18.3 Å². The summed E-state index contributed by atoms with van der Waals surface area (Å²) in [5.41, 5.74) is 0.846. The van der Waals surface area contributed by atoms with Crippen LogP contribution in [0.3, 0.4) is 0 Å². The van der Waals surface area contributed by atoms with Crippen molar-refractivity contribution in [3.05, 3.63) is 65.2 Å². The Kier molecular flexibility index (Phi) is 4.43. The van der Waals surface area contributed by atoms with Crippen molar-refractivity contribution in [2.75, 3.05) is 5.32 Å².